The summed E-state index contributed by atoms with van der Waals surface area (Å²) < 4.78 is 1.24. The Morgan fingerprint density at radius 1 is 1.33 bits per heavy atom. The zero-order chi connectivity index (χ0) is 11.1. The number of benzene rings is 1. The Bertz CT molecular complexity index is 480. The summed E-state index contributed by atoms with van der Waals surface area (Å²) in [4.78, 5) is 4.66. The number of thiazole rings is 1. The van der Waals surface area contributed by atoms with Crippen LogP contribution in [-0.2, 0) is 12.0 Å². The molecular weight excluding hydrogens is 204 g/mol. The molecule has 0 radical (unpaired) electrons. The van der Waals surface area contributed by atoms with Crippen LogP contribution in [0.5, 0.6) is 0 Å². The van der Waals surface area contributed by atoms with E-state index in [4.69, 9.17) is 5.73 Å². The predicted octanol–water partition coefficient (Wildman–Crippen LogP) is 3.05. The van der Waals surface area contributed by atoms with Crippen molar-refractivity contribution in [3.63, 3.8) is 0 Å². The first-order valence-electron chi connectivity index (χ1n) is 5.11. The summed E-state index contributed by atoms with van der Waals surface area (Å²) in [5.74, 6) is 0. The zero-order valence-corrected chi connectivity index (χ0v) is 10.2. The van der Waals surface area contributed by atoms with Crippen molar-refractivity contribution in [2.45, 2.75) is 32.7 Å². The maximum Gasteiger partial charge on any atom is 0.0992 e. The summed E-state index contributed by atoms with van der Waals surface area (Å²) in [6.07, 6.45) is 0. The molecule has 0 aliphatic carbocycles. The molecule has 0 unspecified atom stereocenters. The number of rotatable bonds is 1. The van der Waals surface area contributed by atoms with E-state index in [1.165, 1.54) is 15.3 Å². The highest BCUT2D eigenvalue weighted by Crippen LogP contribution is 2.32. The number of nitrogens with zero attached hydrogens (tertiary/aromatic N) is 1. The van der Waals surface area contributed by atoms with Crippen LogP contribution >= 0.6 is 11.3 Å². The fourth-order valence-corrected chi connectivity index (χ4v) is 2.63. The van der Waals surface area contributed by atoms with Crippen LogP contribution < -0.4 is 5.73 Å². The smallest absolute Gasteiger partial charge is 0.0992 e. The van der Waals surface area contributed by atoms with Crippen LogP contribution in [0.1, 0.15) is 31.3 Å². The lowest BCUT2D eigenvalue weighted by Gasteiger charge is -2.13. The lowest BCUT2D eigenvalue weighted by Crippen LogP contribution is -2.09. The Morgan fingerprint density at radius 3 is 2.67 bits per heavy atom. The molecule has 0 amide bonds. The molecule has 0 atom stereocenters. The largest absolute Gasteiger partial charge is 0.326 e. The number of fused-ring (bicyclic) bond motifs is 1. The molecule has 15 heavy (non-hydrogen) atoms. The highest BCUT2D eigenvalue weighted by molar-refractivity contribution is 7.18. The van der Waals surface area contributed by atoms with E-state index in [1.54, 1.807) is 11.3 Å². The van der Waals surface area contributed by atoms with Crippen LogP contribution in [0.15, 0.2) is 18.2 Å². The maximum atomic E-state index is 5.71. The van der Waals surface area contributed by atoms with Gasteiger partial charge in [0, 0.05) is 12.0 Å². The summed E-state index contributed by atoms with van der Waals surface area (Å²) in [5.41, 5.74) is 8.11. The molecule has 2 nitrogen and oxygen atoms in total. The maximum absolute atomic E-state index is 5.71. The van der Waals surface area contributed by atoms with Crippen molar-refractivity contribution >= 4 is 21.6 Å². The average molecular weight is 220 g/mol. The molecule has 1 heterocycles. The van der Waals surface area contributed by atoms with Crippen molar-refractivity contribution in [3.8, 4) is 0 Å². The van der Waals surface area contributed by atoms with E-state index >= 15 is 0 Å². The number of nitrogens with two attached hydrogens (primary N) is 1. The van der Waals surface area contributed by atoms with E-state index in [1.807, 2.05) is 6.07 Å². The third-order valence-corrected chi connectivity index (χ3v) is 3.93. The van der Waals surface area contributed by atoms with E-state index in [-0.39, 0.29) is 5.41 Å². The SMILES string of the molecule is CC(C)(C)c1nc2cccc(CN)c2s1. The van der Waals surface area contributed by atoms with Crippen LogP contribution in [-0.4, -0.2) is 4.98 Å². The van der Waals surface area contributed by atoms with E-state index < -0.39 is 0 Å². The molecule has 2 rings (SSSR count). The van der Waals surface area contributed by atoms with Gasteiger partial charge in [-0.2, -0.15) is 0 Å². The predicted molar refractivity (Wildman–Crippen MR) is 66.2 cm³/mol. The minimum atomic E-state index is 0.121. The van der Waals surface area contributed by atoms with Crippen molar-refractivity contribution in [2.24, 2.45) is 5.73 Å². The highest BCUT2D eigenvalue weighted by atomic mass is 32.1. The van der Waals surface area contributed by atoms with Crippen molar-refractivity contribution in [1.82, 2.24) is 4.98 Å². The minimum Gasteiger partial charge on any atom is -0.326 e. The second-order valence-electron chi connectivity index (χ2n) is 4.74. The lowest BCUT2D eigenvalue weighted by molar-refractivity contribution is 0.587. The summed E-state index contributed by atoms with van der Waals surface area (Å²) in [5, 5.41) is 1.18. The van der Waals surface area contributed by atoms with Crippen LogP contribution in [0.2, 0.25) is 0 Å². The second-order valence-corrected chi connectivity index (χ2v) is 5.74. The third-order valence-electron chi connectivity index (χ3n) is 2.36. The fourth-order valence-electron chi connectivity index (χ4n) is 1.49. The monoisotopic (exact) mass is 220 g/mol. The standard InChI is InChI=1S/C12H16N2S/c1-12(2,3)11-14-9-6-4-5-8(7-13)10(9)15-11/h4-6H,7,13H2,1-3H3. The first kappa shape index (κ1) is 10.6. The Kier molecular flexibility index (Phi) is 2.52. The first-order chi connectivity index (χ1) is 7.02. The van der Waals surface area contributed by atoms with Gasteiger partial charge < -0.3 is 5.73 Å². The number of hydrogen-bond acceptors (Lipinski definition) is 3. The number of aromatic nitrogens is 1. The van der Waals surface area contributed by atoms with Gasteiger partial charge in [0.2, 0.25) is 0 Å². The topological polar surface area (TPSA) is 38.9 Å². The van der Waals surface area contributed by atoms with Gasteiger partial charge in [-0.05, 0) is 11.6 Å². The molecular formula is C12H16N2S. The van der Waals surface area contributed by atoms with Gasteiger partial charge >= 0.3 is 0 Å². The van der Waals surface area contributed by atoms with E-state index in [0.29, 0.717) is 6.54 Å². The quantitative estimate of drug-likeness (QED) is 0.802. The minimum absolute atomic E-state index is 0.121. The zero-order valence-electron chi connectivity index (χ0n) is 9.37. The fraction of sp³-hybridized carbons (Fsp3) is 0.417. The normalized spacial score (nSPS) is 12.3. The summed E-state index contributed by atoms with van der Waals surface area (Å²) in [6, 6.07) is 6.16. The van der Waals surface area contributed by atoms with Gasteiger partial charge in [0.1, 0.15) is 0 Å². The Hall–Kier alpha value is -0.930. The molecule has 2 N–H and O–H groups in total. The molecule has 1 aromatic carbocycles. The highest BCUT2D eigenvalue weighted by Gasteiger charge is 2.19. The Balaban J connectivity index is 2.65. The van der Waals surface area contributed by atoms with E-state index in [2.05, 4.69) is 37.9 Å². The third kappa shape index (κ3) is 1.90. The van der Waals surface area contributed by atoms with Crippen molar-refractivity contribution in [2.75, 3.05) is 0 Å². The van der Waals surface area contributed by atoms with Crippen molar-refractivity contribution < 1.29 is 0 Å². The molecule has 0 aliphatic rings. The molecule has 0 fully saturated rings. The average Bonchev–Trinajstić information content (AvgIpc) is 2.59. The van der Waals surface area contributed by atoms with Gasteiger partial charge in [0.05, 0.1) is 15.2 Å². The molecule has 80 valence electrons. The molecule has 0 saturated carbocycles. The Labute approximate surface area is 94.1 Å². The van der Waals surface area contributed by atoms with E-state index in [0.717, 1.165) is 5.52 Å². The van der Waals surface area contributed by atoms with Gasteiger partial charge in [-0.3, -0.25) is 0 Å². The molecule has 0 spiro atoms. The van der Waals surface area contributed by atoms with Crippen molar-refractivity contribution in [1.29, 1.82) is 0 Å². The lowest BCUT2D eigenvalue weighted by atomic mass is 9.98. The van der Waals surface area contributed by atoms with Gasteiger partial charge in [0.15, 0.2) is 0 Å². The summed E-state index contributed by atoms with van der Waals surface area (Å²) >= 11 is 1.76. The Morgan fingerprint density at radius 2 is 2.07 bits per heavy atom. The first-order valence-corrected chi connectivity index (χ1v) is 5.93. The second kappa shape index (κ2) is 3.58. The van der Waals surface area contributed by atoms with Crippen LogP contribution in [0.4, 0.5) is 0 Å². The number of hydrogen-bond donors (Lipinski definition) is 1. The summed E-state index contributed by atoms with van der Waals surface area (Å²) in [6.45, 7) is 7.15. The van der Waals surface area contributed by atoms with Gasteiger partial charge in [-0.15, -0.1) is 11.3 Å². The molecule has 0 aliphatic heterocycles. The molecule has 3 heteroatoms. The van der Waals surface area contributed by atoms with Gasteiger partial charge in [-0.1, -0.05) is 32.9 Å². The van der Waals surface area contributed by atoms with Gasteiger partial charge in [-0.25, -0.2) is 4.98 Å². The van der Waals surface area contributed by atoms with Crippen LogP contribution in [0, 0.1) is 0 Å². The van der Waals surface area contributed by atoms with Crippen LogP contribution in [0.25, 0.3) is 10.2 Å². The van der Waals surface area contributed by atoms with Crippen molar-refractivity contribution in [3.05, 3.63) is 28.8 Å². The molecule has 0 bridgehead atoms. The molecule has 2 aromatic rings. The summed E-state index contributed by atoms with van der Waals surface area (Å²) in [7, 11) is 0. The van der Waals surface area contributed by atoms with Gasteiger partial charge in [0.25, 0.3) is 0 Å². The van der Waals surface area contributed by atoms with E-state index in [9.17, 15) is 0 Å². The molecule has 1 aromatic heterocycles. The molecule has 0 saturated heterocycles. The van der Waals surface area contributed by atoms with Crippen LogP contribution in [0.3, 0.4) is 0 Å².